The molecule has 1 aromatic rings. The highest BCUT2D eigenvalue weighted by molar-refractivity contribution is 5.94. The number of carbonyl (C=O) groups excluding carboxylic acids is 2. The van der Waals surface area contributed by atoms with Crippen LogP contribution in [-0.4, -0.2) is 66.9 Å². The van der Waals surface area contributed by atoms with Crippen LogP contribution < -0.4 is 10.2 Å². The summed E-state index contributed by atoms with van der Waals surface area (Å²) in [5.74, 6) is 0.0373. The average molecular weight is 387 g/mol. The second-order valence-electron chi connectivity index (χ2n) is 8.34. The van der Waals surface area contributed by atoms with Gasteiger partial charge in [-0.2, -0.15) is 0 Å². The molecule has 1 unspecified atom stereocenters. The van der Waals surface area contributed by atoms with Crippen LogP contribution in [0, 0.1) is 12.8 Å². The number of rotatable bonds is 5. The molecular formula is C22H34N4O2. The Morgan fingerprint density at radius 1 is 1.11 bits per heavy atom. The predicted molar refractivity (Wildman–Crippen MR) is 114 cm³/mol. The Morgan fingerprint density at radius 2 is 1.82 bits per heavy atom. The molecule has 0 spiro atoms. The maximum absolute atomic E-state index is 12.7. The molecule has 1 aromatic carbocycles. The fraction of sp³-hybridized carbons (Fsp3) is 0.636. The first-order valence-corrected chi connectivity index (χ1v) is 10.6. The maximum atomic E-state index is 12.7. The number of carbonyl (C=O) groups is 2. The van der Waals surface area contributed by atoms with Crippen molar-refractivity contribution in [2.45, 2.75) is 46.6 Å². The second-order valence-corrected chi connectivity index (χ2v) is 8.34. The van der Waals surface area contributed by atoms with E-state index in [1.54, 1.807) is 4.90 Å². The Hall–Kier alpha value is -2.08. The smallest absolute Gasteiger partial charge is 0.229 e. The van der Waals surface area contributed by atoms with Gasteiger partial charge in [-0.15, -0.1) is 0 Å². The molecule has 0 aromatic heterocycles. The Labute approximate surface area is 168 Å². The summed E-state index contributed by atoms with van der Waals surface area (Å²) in [6.07, 6.45) is 1.24. The average Bonchev–Trinajstić information content (AvgIpc) is 3.17. The number of hydrogen-bond donors (Lipinski definition) is 1. The number of nitrogens with zero attached hydrogens (tertiary/aromatic N) is 3. The lowest BCUT2D eigenvalue weighted by Crippen LogP contribution is -2.48. The van der Waals surface area contributed by atoms with Crippen molar-refractivity contribution in [3.05, 3.63) is 23.8 Å². The summed E-state index contributed by atoms with van der Waals surface area (Å²) < 4.78 is 0. The first-order valence-electron chi connectivity index (χ1n) is 10.6. The summed E-state index contributed by atoms with van der Waals surface area (Å²) in [5.41, 5.74) is 3.17. The van der Waals surface area contributed by atoms with Gasteiger partial charge in [0.2, 0.25) is 11.8 Å². The minimum absolute atomic E-state index is 0.0209. The molecule has 28 heavy (non-hydrogen) atoms. The van der Waals surface area contributed by atoms with Crippen molar-refractivity contribution < 1.29 is 9.59 Å². The first kappa shape index (κ1) is 20.6. The summed E-state index contributed by atoms with van der Waals surface area (Å²) in [6.45, 7) is 13.8. The van der Waals surface area contributed by atoms with Crippen molar-refractivity contribution in [1.82, 2.24) is 9.80 Å². The maximum Gasteiger partial charge on any atom is 0.229 e. The summed E-state index contributed by atoms with van der Waals surface area (Å²) in [7, 11) is 0. The van der Waals surface area contributed by atoms with Gasteiger partial charge in [0.05, 0.1) is 5.92 Å². The van der Waals surface area contributed by atoms with Crippen LogP contribution in [0.3, 0.4) is 0 Å². The van der Waals surface area contributed by atoms with E-state index in [0.717, 1.165) is 43.9 Å². The summed E-state index contributed by atoms with van der Waals surface area (Å²) in [4.78, 5) is 31.3. The molecule has 0 radical (unpaired) electrons. The molecule has 6 heteroatoms. The van der Waals surface area contributed by atoms with Crippen molar-refractivity contribution in [3.63, 3.8) is 0 Å². The third kappa shape index (κ3) is 4.85. The van der Waals surface area contributed by atoms with Crippen LogP contribution in [0.15, 0.2) is 18.2 Å². The van der Waals surface area contributed by atoms with E-state index >= 15 is 0 Å². The molecular weight excluding hydrogens is 352 g/mol. The summed E-state index contributed by atoms with van der Waals surface area (Å²) in [5, 5.41) is 3.09. The van der Waals surface area contributed by atoms with Gasteiger partial charge in [0.15, 0.2) is 0 Å². The Bertz CT molecular complexity index is 710. The van der Waals surface area contributed by atoms with Gasteiger partial charge in [0, 0.05) is 63.1 Å². The molecule has 2 aliphatic rings. The molecule has 6 nitrogen and oxygen atoms in total. The topological polar surface area (TPSA) is 55.9 Å². The molecule has 3 rings (SSSR count). The minimum atomic E-state index is -0.117. The van der Waals surface area contributed by atoms with Crippen LogP contribution in [0.1, 0.15) is 39.2 Å². The van der Waals surface area contributed by atoms with Gasteiger partial charge < -0.3 is 15.1 Å². The lowest BCUT2D eigenvalue weighted by Gasteiger charge is -2.38. The van der Waals surface area contributed by atoms with Crippen LogP contribution in [0.5, 0.6) is 0 Å². The summed E-state index contributed by atoms with van der Waals surface area (Å²) >= 11 is 0. The zero-order valence-corrected chi connectivity index (χ0v) is 17.7. The monoisotopic (exact) mass is 386 g/mol. The van der Waals surface area contributed by atoms with Gasteiger partial charge in [-0.05, 0) is 51.0 Å². The number of aryl methyl sites for hydroxylation is 1. The molecule has 2 amide bonds. The van der Waals surface area contributed by atoms with Crippen molar-refractivity contribution in [1.29, 1.82) is 0 Å². The zero-order valence-electron chi connectivity index (χ0n) is 17.7. The van der Waals surface area contributed by atoms with Crippen LogP contribution in [-0.2, 0) is 9.59 Å². The van der Waals surface area contributed by atoms with Gasteiger partial charge in [0.1, 0.15) is 0 Å². The normalized spacial score (nSPS) is 20.7. The molecule has 0 bridgehead atoms. The Morgan fingerprint density at radius 3 is 2.46 bits per heavy atom. The van der Waals surface area contributed by atoms with E-state index in [4.69, 9.17) is 0 Å². The van der Waals surface area contributed by atoms with Crippen molar-refractivity contribution >= 4 is 23.2 Å². The van der Waals surface area contributed by atoms with E-state index in [0.29, 0.717) is 25.6 Å². The molecule has 0 saturated carbocycles. The van der Waals surface area contributed by atoms with Crippen LogP contribution in [0.4, 0.5) is 11.4 Å². The van der Waals surface area contributed by atoms with E-state index in [1.807, 2.05) is 13.0 Å². The number of benzene rings is 1. The second kappa shape index (κ2) is 8.95. The lowest BCUT2D eigenvalue weighted by molar-refractivity contribution is -0.130. The highest BCUT2D eigenvalue weighted by atomic mass is 16.2. The van der Waals surface area contributed by atoms with E-state index in [2.05, 4.69) is 48.0 Å². The standard InChI is InChI=1S/C22H34N4O2/c1-5-21(27)26-7-6-18(15-26)22(28)23-19-12-17(4)13-20(14-19)25-10-8-24(9-11-25)16(2)3/h12-14,16,18H,5-11,15H2,1-4H3,(H,23,28). The van der Waals surface area contributed by atoms with Gasteiger partial charge in [-0.25, -0.2) is 0 Å². The van der Waals surface area contributed by atoms with Crippen LogP contribution in [0.25, 0.3) is 0 Å². The minimum Gasteiger partial charge on any atom is -0.369 e. The van der Waals surface area contributed by atoms with Crippen molar-refractivity contribution in [2.75, 3.05) is 49.5 Å². The quantitative estimate of drug-likeness (QED) is 0.845. The molecule has 2 aliphatic heterocycles. The molecule has 2 fully saturated rings. The SMILES string of the molecule is CCC(=O)N1CCC(C(=O)Nc2cc(C)cc(N3CCN(C(C)C)CC3)c2)C1. The highest BCUT2D eigenvalue weighted by Crippen LogP contribution is 2.25. The van der Waals surface area contributed by atoms with Crippen LogP contribution >= 0.6 is 0 Å². The predicted octanol–water partition coefficient (Wildman–Crippen LogP) is 2.72. The van der Waals surface area contributed by atoms with E-state index in [1.165, 1.54) is 5.69 Å². The summed E-state index contributed by atoms with van der Waals surface area (Å²) in [6, 6.07) is 6.88. The molecule has 2 saturated heterocycles. The fourth-order valence-corrected chi connectivity index (χ4v) is 4.18. The van der Waals surface area contributed by atoms with Gasteiger partial charge >= 0.3 is 0 Å². The Kier molecular flexibility index (Phi) is 6.60. The number of amides is 2. The molecule has 1 N–H and O–H groups in total. The molecule has 2 heterocycles. The van der Waals surface area contributed by atoms with E-state index in [9.17, 15) is 9.59 Å². The lowest BCUT2D eigenvalue weighted by atomic mass is 10.1. The Balaban J connectivity index is 1.62. The number of nitrogens with one attached hydrogen (secondary N) is 1. The van der Waals surface area contributed by atoms with E-state index in [-0.39, 0.29) is 17.7 Å². The fourth-order valence-electron chi connectivity index (χ4n) is 4.18. The van der Waals surface area contributed by atoms with Gasteiger partial charge in [-0.3, -0.25) is 14.5 Å². The number of anilines is 2. The third-order valence-electron chi connectivity index (χ3n) is 5.95. The molecule has 0 aliphatic carbocycles. The first-order chi connectivity index (χ1) is 13.4. The van der Waals surface area contributed by atoms with Gasteiger partial charge in [-0.1, -0.05) is 6.92 Å². The number of likely N-dealkylation sites (tertiary alicyclic amines) is 1. The van der Waals surface area contributed by atoms with Crippen LogP contribution in [0.2, 0.25) is 0 Å². The van der Waals surface area contributed by atoms with Crippen molar-refractivity contribution in [3.8, 4) is 0 Å². The molecule has 154 valence electrons. The highest BCUT2D eigenvalue weighted by Gasteiger charge is 2.30. The van der Waals surface area contributed by atoms with Crippen molar-refractivity contribution in [2.24, 2.45) is 5.92 Å². The largest absolute Gasteiger partial charge is 0.369 e. The number of hydrogen-bond acceptors (Lipinski definition) is 4. The number of piperazine rings is 1. The van der Waals surface area contributed by atoms with E-state index < -0.39 is 0 Å². The molecule has 1 atom stereocenters. The third-order valence-corrected chi connectivity index (χ3v) is 5.95. The zero-order chi connectivity index (χ0) is 20.3. The van der Waals surface area contributed by atoms with Gasteiger partial charge in [0.25, 0.3) is 0 Å².